The van der Waals surface area contributed by atoms with Crippen LogP contribution in [0.15, 0.2) is 33.8 Å². The van der Waals surface area contributed by atoms with Crippen LogP contribution in [0.1, 0.15) is 34.1 Å². The third kappa shape index (κ3) is 3.70. The minimum Gasteiger partial charge on any atom is -0.334 e. The number of aromatic amines is 1. The standard InChI is InChI=1S/C17H27N5O2S2/c1-11-15(17(2,3)4)13-8-12(9-22(13)14(20-11)10-25-5)21-26(23,24)16-18-6-7-19-16/h6-7,11-12,21H,8-10H2,1-5H3,(H,18,19)/t11-,12-/m0/s1. The molecule has 2 atom stereocenters. The lowest BCUT2D eigenvalue weighted by molar-refractivity contribution is 0.424. The minimum absolute atomic E-state index is 0.0177. The van der Waals surface area contributed by atoms with E-state index in [1.54, 1.807) is 11.8 Å². The first-order chi connectivity index (χ1) is 12.1. The smallest absolute Gasteiger partial charge is 0.274 e. The maximum Gasteiger partial charge on any atom is 0.274 e. The van der Waals surface area contributed by atoms with Crippen molar-refractivity contribution in [3.63, 3.8) is 0 Å². The van der Waals surface area contributed by atoms with Gasteiger partial charge in [0.05, 0.1) is 11.8 Å². The highest BCUT2D eigenvalue weighted by Gasteiger charge is 2.40. The summed E-state index contributed by atoms with van der Waals surface area (Å²) in [6.45, 7) is 9.31. The fourth-order valence-electron chi connectivity index (χ4n) is 3.91. The van der Waals surface area contributed by atoms with E-state index in [1.165, 1.54) is 23.7 Å². The van der Waals surface area contributed by atoms with Crippen LogP contribution in [0, 0.1) is 5.41 Å². The van der Waals surface area contributed by atoms with E-state index in [2.05, 4.69) is 53.5 Å². The monoisotopic (exact) mass is 397 g/mol. The maximum absolute atomic E-state index is 12.5. The van der Waals surface area contributed by atoms with Crippen LogP contribution in [0.5, 0.6) is 0 Å². The minimum atomic E-state index is -3.65. The average Bonchev–Trinajstić information content (AvgIpc) is 3.15. The third-order valence-corrected chi connectivity index (χ3v) is 6.61. The quantitative estimate of drug-likeness (QED) is 0.795. The zero-order chi connectivity index (χ0) is 19.1. The Hall–Kier alpha value is -1.32. The SMILES string of the molecule is CSCC1=N[C@@H](C)C(C(C)(C)C)=C2C[C@H](NS(=O)(=O)c3ncc[nH]3)CN12. The summed E-state index contributed by atoms with van der Waals surface area (Å²) < 4.78 is 27.9. The van der Waals surface area contributed by atoms with Gasteiger partial charge in [0.1, 0.15) is 5.84 Å². The molecule has 0 saturated carbocycles. The van der Waals surface area contributed by atoms with Gasteiger partial charge in [-0.25, -0.2) is 18.1 Å². The molecule has 0 amide bonds. The lowest BCUT2D eigenvalue weighted by Gasteiger charge is -2.37. The molecule has 0 aromatic carbocycles. The molecule has 9 heteroatoms. The zero-order valence-electron chi connectivity index (χ0n) is 15.9. The molecule has 0 spiro atoms. The van der Waals surface area contributed by atoms with Crippen LogP contribution in [0.2, 0.25) is 0 Å². The molecule has 1 fully saturated rings. The molecular weight excluding hydrogens is 370 g/mol. The van der Waals surface area contributed by atoms with Crippen LogP contribution >= 0.6 is 11.8 Å². The fraction of sp³-hybridized carbons (Fsp3) is 0.647. The third-order valence-electron chi connectivity index (χ3n) is 4.68. The van der Waals surface area contributed by atoms with Gasteiger partial charge in [0.15, 0.2) is 0 Å². The van der Waals surface area contributed by atoms with E-state index in [-0.39, 0.29) is 22.7 Å². The number of amidine groups is 1. The number of aromatic nitrogens is 2. The van der Waals surface area contributed by atoms with Crippen molar-refractivity contribution in [1.82, 2.24) is 19.6 Å². The van der Waals surface area contributed by atoms with Gasteiger partial charge >= 0.3 is 0 Å². The summed E-state index contributed by atoms with van der Waals surface area (Å²) in [7, 11) is -3.65. The first-order valence-corrected chi connectivity index (χ1v) is 11.6. The lowest BCUT2D eigenvalue weighted by atomic mass is 9.80. The lowest BCUT2D eigenvalue weighted by Crippen LogP contribution is -2.41. The molecule has 0 aliphatic carbocycles. The van der Waals surface area contributed by atoms with Crippen LogP contribution < -0.4 is 4.72 Å². The second kappa shape index (κ2) is 7.01. The van der Waals surface area contributed by atoms with Gasteiger partial charge in [0.2, 0.25) is 5.16 Å². The van der Waals surface area contributed by atoms with Crippen molar-refractivity contribution >= 4 is 27.6 Å². The Morgan fingerprint density at radius 3 is 2.73 bits per heavy atom. The van der Waals surface area contributed by atoms with E-state index < -0.39 is 10.0 Å². The number of hydrogen-bond acceptors (Lipinski definition) is 6. The van der Waals surface area contributed by atoms with E-state index in [0.29, 0.717) is 13.0 Å². The van der Waals surface area contributed by atoms with Crippen molar-refractivity contribution in [1.29, 1.82) is 0 Å². The first kappa shape index (κ1) is 19.4. The number of fused-ring (bicyclic) bond motifs is 1. The molecule has 2 aliphatic rings. The van der Waals surface area contributed by atoms with E-state index in [9.17, 15) is 8.42 Å². The van der Waals surface area contributed by atoms with Crippen molar-refractivity contribution in [2.75, 3.05) is 18.6 Å². The van der Waals surface area contributed by atoms with Crippen molar-refractivity contribution in [2.45, 2.75) is 51.4 Å². The van der Waals surface area contributed by atoms with Crippen LogP contribution in [0.25, 0.3) is 0 Å². The fourth-order valence-corrected chi connectivity index (χ4v) is 5.53. The molecule has 3 heterocycles. The van der Waals surface area contributed by atoms with Crippen molar-refractivity contribution in [2.24, 2.45) is 10.4 Å². The molecule has 7 nitrogen and oxygen atoms in total. The van der Waals surface area contributed by atoms with Crippen LogP contribution in [-0.2, 0) is 10.0 Å². The van der Waals surface area contributed by atoms with Gasteiger partial charge in [-0.2, -0.15) is 11.8 Å². The summed E-state index contributed by atoms with van der Waals surface area (Å²) in [6.07, 6.45) is 5.68. The predicted octanol–water partition coefficient (Wildman–Crippen LogP) is 2.23. The van der Waals surface area contributed by atoms with E-state index in [1.807, 2.05) is 0 Å². The molecule has 2 N–H and O–H groups in total. The van der Waals surface area contributed by atoms with Crippen molar-refractivity contribution in [3.8, 4) is 0 Å². The topological polar surface area (TPSA) is 90.5 Å². The summed E-state index contributed by atoms with van der Waals surface area (Å²) in [6, 6.07) is -0.0846. The molecule has 3 rings (SSSR count). The summed E-state index contributed by atoms with van der Waals surface area (Å²) in [5.74, 6) is 1.86. The van der Waals surface area contributed by atoms with Crippen LogP contribution in [-0.4, -0.2) is 59.8 Å². The van der Waals surface area contributed by atoms with Gasteiger partial charge in [-0.3, -0.25) is 4.99 Å². The number of aliphatic imine (C=N–C) groups is 1. The highest BCUT2D eigenvalue weighted by Crippen LogP contribution is 2.40. The first-order valence-electron chi connectivity index (χ1n) is 8.72. The number of hydrogen-bond donors (Lipinski definition) is 2. The molecule has 0 radical (unpaired) electrons. The summed E-state index contributed by atoms with van der Waals surface area (Å²) in [4.78, 5) is 13.7. The Labute approximate surface area is 159 Å². The van der Waals surface area contributed by atoms with Gasteiger partial charge in [-0.05, 0) is 24.2 Å². The molecule has 2 aliphatic heterocycles. The van der Waals surface area contributed by atoms with Gasteiger partial charge in [0.25, 0.3) is 10.0 Å². The van der Waals surface area contributed by atoms with Gasteiger partial charge < -0.3 is 9.88 Å². The van der Waals surface area contributed by atoms with Gasteiger partial charge in [-0.15, -0.1) is 0 Å². The number of rotatable bonds is 5. The Bertz CT molecular complexity index is 822. The Balaban J connectivity index is 1.91. The normalized spacial score (nSPS) is 24.0. The molecule has 144 valence electrons. The largest absolute Gasteiger partial charge is 0.334 e. The summed E-state index contributed by atoms with van der Waals surface area (Å²) in [5, 5.41) is -0.0428. The highest BCUT2D eigenvalue weighted by atomic mass is 32.2. The van der Waals surface area contributed by atoms with Crippen molar-refractivity contribution < 1.29 is 8.42 Å². The molecular formula is C17H27N5O2S2. The van der Waals surface area contributed by atoms with E-state index in [4.69, 9.17) is 4.99 Å². The number of sulfonamides is 1. The second-order valence-electron chi connectivity index (χ2n) is 7.79. The highest BCUT2D eigenvalue weighted by molar-refractivity contribution is 7.99. The number of nitrogens with zero attached hydrogens (tertiary/aromatic N) is 3. The van der Waals surface area contributed by atoms with Gasteiger partial charge in [0, 0.05) is 37.1 Å². The number of H-pyrrole nitrogens is 1. The zero-order valence-corrected chi connectivity index (χ0v) is 17.5. The average molecular weight is 398 g/mol. The molecule has 0 bridgehead atoms. The molecule has 1 aromatic heterocycles. The predicted molar refractivity (Wildman–Crippen MR) is 106 cm³/mol. The van der Waals surface area contributed by atoms with Crippen molar-refractivity contribution in [3.05, 3.63) is 23.7 Å². The van der Waals surface area contributed by atoms with E-state index in [0.717, 1.165) is 11.6 Å². The number of nitrogens with one attached hydrogen (secondary N) is 2. The Morgan fingerprint density at radius 2 is 2.15 bits per heavy atom. The summed E-state index contributed by atoms with van der Waals surface area (Å²) >= 11 is 1.73. The van der Waals surface area contributed by atoms with Crippen LogP contribution in [0.3, 0.4) is 0 Å². The Kier molecular flexibility index (Phi) is 5.24. The number of thioether (sulfide) groups is 1. The molecule has 26 heavy (non-hydrogen) atoms. The maximum atomic E-state index is 12.5. The summed E-state index contributed by atoms with van der Waals surface area (Å²) in [5.41, 5.74) is 2.49. The van der Waals surface area contributed by atoms with Crippen LogP contribution in [0.4, 0.5) is 0 Å². The molecule has 1 aromatic rings. The Morgan fingerprint density at radius 1 is 1.42 bits per heavy atom. The molecule has 0 unspecified atom stereocenters. The van der Waals surface area contributed by atoms with E-state index >= 15 is 0 Å². The second-order valence-corrected chi connectivity index (χ2v) is 10.3. The molecule has 1 saturated heterocycles. The van der Waals surface area contributed by atoms with Gasteiger partial charge in [-0.1, -0.05) is 20.8 Å². The number of imidazole rings is 1.